The number of thioether (sulfide) groups is 1. The molecule has 0 atom stereocenters. The molecule has 0 saturated heterocycles. The van der Waals surface area contributed by atoms with Gasteiger partial charge in [-0.05, 0) is 31.2 Å². The van der Waals surface area contributed by atoms with Crippen LogP contribution in [-0.2, 0) is 11.3 Å². The van der Waals surface area contributed by atoms with Crippen LogP contribution in [0.15, 0.2) is 53.8 Å². The van der Waals surface area contributed by atoms with E-state index in [4.69, 9.17) is 0 Å². The zero-order chi connectivity index (χ0) is 19.2. The van der Waals surface area contributed by atoms with Crippen LogP contribution in [0.4, 0.5) is 11.5 Å². The van der Waals surface area contributed by atoms with Gasteiger partial charge in [0.15, 0.2) is 11.0 Å². The third-order valence-electron chi connectivity index (χ3n) is 3.88. The maximum absolute atomic E-state index is 12.2. The van der Waals surface area contributed by atoms with Gasteiger partial charge in [0, 0.05) is 38.1 Å². The highest BCUT2D eigenvalue weighted by atomic mass is 32.2. The summed E-state index contributed by atoms with van der Waals surface area (Å²) in [6, 6.07) is 13.3. The summed E-state index contributed by atoms with van der Waals surface area (Å²) in [5.41, 5.74) is 1.73. The van der Waals surface area contributed by atoms with Gasteiger partial charge in [0.2, 0.25) is 5.91 Å². The van der Waals surface area contributed by atoms with Crippen LogP contribution in [0.5, 0.6) is 0 Å². The molecule has 8 heteroatoms. The number of amides is 1. The van der Waals surface area contributed by atoms with Gasteiger partial charge in [-0.2, -0.15) is 0 Å². The predicted octanol–water partition coefficient (Wildman–Crippen LogP) is 3.16. The largest absolute Gasteiger partial charge is 0.363 e. The van der Waals surface area contributed by atoms with Crippen molar-refractivity contribution in [3.05, 3.63) is 48.7 Å². The number of carbonyl (C=O) groups is 1. The Hall–Kier alpha value is -2.87. The molecule has 27 heavy (non-hydrogen) atoms. The summed E-state index contributed by atoms with van der Waals surface area (Å²) in [5, 5.41) is 12.2. The van der Waals surface area contributed by atoms with Gasteiger partial charge in [0.1, 0.15) is 5.82 Å². The van der Waals surface area contributed by atoms with E-state index >= 15 is 0 Å². The first-order valence-corrected chi connectivity index (χ1v) is 9.61. The number of aromatic nitrogens is 4. The monoisotopic (exact) mass is 382 g/mol. The second-order valence-electron chi connectivity index (χ2n) is 6.05. The number of nitrogens with zero attached hydrogens (tertiary/aromatic N) is 5. The molecule has 3 aromatic rings. The summed E-state index contributed by atoms with van der Waals surface area (Å²) in [7, 11) is 3.90. The number of nitrogens with one attached hydrogen (secondary N) is 1. The van der Waals surface area contributed by atoms with Gasteiger partial charge >= 0.3 is 0 Å². The van der Waals surface area contributed by atoms with E-state index in [1.165, 1.54) is 11.8 Å². The SMILES string of the molecule is CCn1c(SCC(=O)Nc2ccccc2)nnc1-c1ccnc(N(C)C)c1. The van der Waals surface area contributed by atoms with Crippen molar-refractivity contribution in [3.63, 3.8) is 0 Å². The topological polar surface area (TPSA) is 75.9 Å². The number of rotatable bonds is 7. The summed E-state index contributed by atoms with van der Waals surface area (Å²) in [6.07, 6.45) is 1.76. The first-order chi connectivity index (χ1) is 13.1. The van der Waals surface area contributed by atoms with Crippen LogP contribution in [0.1, 0.15) is 6.92 Å². The number of hydrogen-bond donors (Lipinski definition) is 1. The minimum atomic E-state index is -0.0720. The summed E-state index contributed by atoms with van der Waals surface area (Å²) in [4.78, 5) is 18.5. The normalized spacial score (nSPS) is 10.6. The molecule has 7 nitrogen and oxygen atoms in total. The Kier molecular flexibility index (Phi) is 6.08. The van der Waals surface area contributed by atoms with Gasteiger partial charge in [-0.15, -0.1) is 10.2 Å². The quantitative estimate of drug-likeness (QED) is 0.633. The van der Waals surface area contributed by atoms with Gasteiger partial charge in [-0.25, -0.2) is 4.98 Å². The number of carbonyl (C=O) groups excluding carboxylic acids is 1. The molecule has 2 aromatic heterocycles. The van der Waals surface area contributed by atoms with Crippen molar-refractivity contribution in [2.75, 3.05) is 30.1 Å². The van der Waals surface area contributed by atoms with Crippen LogP contribution >= 0.6 is 11.8 Å². The minimum absolute atomic E-state index is 0.0720. The Bertz CT molecular complexity index is 910. The molecule has 0 unspecified atom stereocenters. The lowest BCUT2D eigenvalue weighted by atomic mass is 10.2. The van der Waals surface area contributed by atoms with E-state index in [0.29, 0.717) is 6.54 Å². The lowest BCUT2D eigenvalue weighted by molar-refractivity contribution is -0.113. The number of pyridine rings is 1. The predicted molar refractivity (Wildman–Crippen MR) is 109 cm³/mol. The zero-order valence-electron chi connectivity index (χ0n) is 15.6. The summed E-state index contributed by atoms with van der Waals surface area (Å²) >= 11 is 1.38. The van der Waals surface area contributed by atoms with Crippen LogP contribution in [0.2, 0.25) is 0 Å². The highest BCUT2D eigenvalue weighted by Crippen LogP contribution is 2.25. The Labute approximate surface area is 162 Å². The highest BCUT2D eigenvalue weighted by molar-refractivity contribution is 7.99. The van der Waals surface area contributed by atoms with Crippen LogP contribution < -0.4 is 10.2 Å². The Morgan fingerprint density at radius 1 is 1.19 bits per heavy atom. The van der Waals surface area contributed by atoms with Gasteiger partial charge in [0.05, 0.1) is 5.75 Å². The fourth-order valence-electron chi connectivity index (χ4n) is 2.54. The number of anilines is 2. The van der Waals surface area contributed by atoms with Crippen molar-refractivity contribution in [1.82, 2.24) is 19.7 Å². The molecular weight excluding hydrogens is 360 g/mol. The second kappa shape index (κ2) is 8.68. The van der Waals surface area contributed by atoms with Gasteiger partial charge in [0.25, 0.3) is 0 Å². The fraction of sp³-hybridized carbons (Fsp3) is 0.263. The first kappa shape index (κ1) is 18.9. The smallest absolute Gasteiger partial charge is 0.234 e. The van der Waals surface area contributed by atoms with E-state index in [0.717, 1.165) is 28.0 Å². The van der Waals surface area contributed by atoms with Gasteiger partial charge in [-0.3, -0.25) is 4.79 Å². The molecule has 0 aliphatic heterocycles. The average Bonchev–Trinajstić information content (AvgIpc) is 3.10. The molecule has 1 N–H and O–H groups in total. The lowest BCUT2D eigenvalue weighted by Gasteiger charge is -2.12. The van der Waals surface area contributed by atoms with Crippen molar-refractivity contribution in [3.8, 4) is 11.4 Å². The lowest BCUT2D eigenvalue weighted by Crippen LogP contribution is -2.14. The fourth-order valence-corrected chi connectivity index (χ4v) is 3.35. The standard InChI is InChI=1S/C19H22N6OS/c1-4-25-18(14-10-11-20-16(12-14)24(2)3)22-23-19(25)27-13-17(26)21-15-8-6-5-7-9-15/h5-12H,4,13H2,1-3H3,(H,21,26). The van der Waals surface area contributed by atoms with E-state index in [-0.39, 0.29) is 11.7 Å². The van der Waals surface area contributed by atoms with Crippen LogP contribution in [-0.4, -0.2) is 45.5 Å². The summed E-state index contributed by atoms with van der Waals surface area (Å²) in [6.45, 7) is 2.75. The minimum Gasteiger partial charge on any atom is -0.363 e. The van der Waals surface area contributed by atoms with E-state index in [1.807, 2.05) is 73.0 Å². The maximum atomic E-state index is 12.2. The Morgan fingerprint density at radius 2 is 1.96 bits per heavy atom. The molecule has 0 aliphatic carbocycles. The zero-order valence-corrected chi connectivity index (χ0v) is 16.4. The molecule has 0 bridgehead atoms. The van der Waals surface area contributed by atoms with Crippen LogP contribution in [0.3, 0.4) is 0 Å². The van der Waals surface area contributed by atoms with E-state index in [2.05, 4.69) is 20.5 Å². The third kappa shape index (κ3) is 4.65. The second-order valence-corrected chi connectivity index (χ2v) is 6.99. The van der Waals surface area contributed by atoms with E-state index in [9.17, 15) is 4.79 Å². The Balaban J connectivity index is 1.72. The molecule has 0 spiro atoms. The molecular formula is C19H22N6OS. The average molecular weight is 382 g/mol. The molecule has 0 saturated carbocycles. The van der Waals surface area contributed by atoms with Crippen molar-refractivity contribution < 1.29 is 4.79 Å². The van der Waals surface area contributed by atoms with Crippen molar-refractivity contribution >= 4 is 29.2 Å². The van der Waals surface area contributed by atoms with E-state index in [1.54, 1.807) is 6.20 Å². The molecule has 1 amide bonds. The maximum Gasteiger partial charge on any atom is 0.234 e. The third-order valence-corrected chi connectivity index (χ3v) is 4.85. The first-order valence-electron chi connectivity index (χ1n) is 8.63. The summed E-state index contributed by atoms with van der Waals surface area (Å²) in [5.74, 6) is 1.83. The van der Waals surface area contributed by atoms with Crippen molar-refractivity contribution in [2.45, 2.75) is 18.6 Å². The molecule has 3 rings (SSSR count). The summed E-state index contributed by atoms with van der Waals surface area (Å²) < 4.78 is 2.01. The molecule has 1 aromatic carbocycles. The van der Waals surface area contributed by atoms with Crippen LogP contribution in [0.25, 0.3) is 11.4 Å². The molecule has 0 radical (unpaired) electrons. The Morgan fingerprint density at radius 3 is 2.67 bits per heavy atom. The van der Waals surface area contributed by atoms with Crippen molar-refractivity contribution in [1.29, 1.82) is 0 Å². The molecule has 2 heterocycles. The molecule has 140 valence electrons. The highest BCUT2D eigenvalue weighted by Gasteiger charge is 2.15. The number of para-hydroxylation sites is 1. The molecule has 0 aliphatic rings. The number of hydrogen-bond acceptors (Lipinski definition) is 6. The molecule has 0 fully saturated rings. The van der Waals surface area contributed by atoms with Crippen molar-refractivity contribution in [2.24, 2.45) is 0 Å². The number of benzene rings is 1. The van der Waals surface area contributed by atoms with Gasteiger partial charge < -0.3 is 14.8 Å². The van der Waals surface area contributed by atoms with Crippen LogP contribution in [0, 0.1) is 0 Å². The van der Waals surface area contributed by atoms with E-state index < -0.39 is 0 Å². The van der Waals surface area contributed by atoms with Gasteiger partial charge in [-0.1, -0.05) is 30.0 Å².